The lowest BCUT2D eigenvalue weighted by atomic mass is 10.3. The summed E-state index contributed by atoms with van der Waals surface area (Å²) in [5.74, 6) is -0.289. The van der Waals surface area contributed by atoms with Crippen molar-refractivity contribution in [1.29, 1.82) is 0 Å². The quantitative estimate of drug-likeness (QED) is 0.330. The second kappa shape index (κ2) is 7.67. The van der Waals surface area contributed by atoms with E-state index < -0.39 is 25.5 Å². The molecular weight excluding hydrogens is 300 g/mol. The number of sulfonamides is 1. The van der Waals surface area contributed by atoms with E-state index in [0.29, 0.717) is 0 Å². The smallest absolute Gasteiger partial charge is 0.289 e. The number of hydrogen-bond acceptors (Lipinski definition) is 6. The molecule has 0 bridgehead atoms. The second-order valence-corrected chi connectivity index (χ2v) is 5.75. The van der Waals surface area contributed by atoms with Crippen LogP contribution in [0.4, 0.5) is 5.69 Å². The van der Waals surface area contributed by atoms with Crippen molar-refractivity contribution in [3.63, 3.8) is 0 Å². The summed E-state index contributed by atoms with van der Waals surface area (Å²) in [5.41, 5.74) is 4.69. The highest BCUT2D eigenvalue weighted by molar-refractivity contribution is 7.89. The molecule has 0 fully saturated rings. The zero-order valence-corrected chi connectivity index (χ0v) is 11.9. The highest BCUT2D eigenvalue weighted by Gasteiger charge is 2.24. The third kappa shape index (κ3) is 5.10. The molecule has 1 aromatic rings. The lowest BCUT2D eigenvalue weighted by molar-refractivity contribution is -0.387. The Morgan fingerprint density at radius 3 is 2.57 bits per heavy atom. The predicted molar refractivity (Wildman–Crippen MR) is 75.0 cm³/mol. The van der Waals surface area contributed by atoms with E-state index in [4.69, 9.17) is 5.73 Å². The van der Waals surface area contributed by atoms with Crippen LogP contribution in [0.5, 0.6) is 0 Å². The van der Waals surface area contributed by atoms with Crippen LogP contribution >= 0.6 is 0 Å². The molecule has 0 spiro atoms. The molecule has 21 heavy (non-hydrogen) atoms. The number of carbonyl (C=O) groups excluding carboxylic acids is 1. The Kier molecular flexibility index (Phi) is 6.21. The number of benzene rings is 1. The van der Waals surface area contributed by atoms with Gasteiger partial charge in [0, 0.05) is 32.1 Å². The van der Waals surface area contributed by atoms with E-state index in [2.05, 4.69) is 10.0 Å². The molecule has 1 rings (SSSR count). The number of rotatable bonds is 8. The van der Waals surface area contributed by atoms with E-state index >= 15 is 0 Å². The zero-order chi connectivity index (χ0) is 15.9. The van der Waals surface area contributed by atoms with Gasteiger partial charge in [0.15, 0.2) is 4.90 Å². The summed E-state index contributed by atoms with van der Waals surface area (Å²) in [4.78, 5) is 20.7. The summed E-state index contributed by atoms with van der Waals surface area (Å²) in [5, 5.41) is 13.3. The van der Waals surface area contributed by atoms with Crippen LogP contribution in [-0.2, 0) is 14.8 Å². The number of hydrogen-bond donors (Lipinski definition) is 3. The Balaban J connectivity index is 2.66. The van der Waals surface area contributed by atoms with E-state index in [0.717, 1.165) is 12.1 Å². The molecule has 0 aliphatic heterocycles. The van der Waals surface area contributed by atoms with E-state index in [9.17, 15) is 23.3 Å². The number of carbonyl (C=O) groups is 1. The number of nitro groups is 1. The minimum Gasteiger partial charge on any atom is -0.355 e. The standard InChI is InChI=1S/C11H16N4O5S/c12-6-5-11(16)13-7-8-14-21(19,20)10-4-2-1-3-9(10)15(17)18/h1-4,14H,5-8,12H2,(H,13,16). The van der Waals surface area contributed by atoms with Crippen LogP contribution in [0.1, 0.15) is 6.42 Å². The minimum atomic E-state index is -4.01. The van der Waals surface area contributed by atoms with Crippen molar-refractivity contribution in [2.75, 3.05) is 19.6 Å². The number of amides is 1. The molecule has 0 unspecified atom stereocenters. The molecule has 0 radical (unpaired) electrons. The first-order valence-electron chi connectivity index (χ1n) is 6.08. The van der Waals surface area contributed by atoms with E-state index in [1.54, 1.807) is 0 Å². The number of nitrogens with two attached hydrogens (primary N) is 1. The fraction of sp³-hybridized carbons (Fsp3) is 0.364. The van der Waals surface area contributed by atoms with Crippen molar-refractivity contribution in [2.24, 2.45) is 5.73 Å². The molecule has 10 heteroatoms. The van der Waals surface area contributed by atoms with Gasteiger partial charge in [-0.25, -0.2) is 13.1 Å². The van der Waals surface area contributed by atoms with Crippen LogP contribution in [0.2, 0.25) is 0 Å². The molecule has 0 saturated carbocycles. The Morgan fingerprint density at radius 2 is 1.95 bits per heavy atom. The molecule has 0 atom stereocenters. The molecule has 0 aliphatic rings. The summed E-state index contributed by atoms with van der Waals surface area (Å²) in [6.45, 7) is 0.192. The lowest BCUT2D eigenvalue weighted by Crippen LogP contribution is -2.35. The van der Waals surface area contributed by atoms with E-state index in [1.165, 1.54) is 12.1 Å². The number of nitrogens with one attached hydrogen (secondary N) is 2. The molecular formula is C11H16N4O5S. The molecule has 0 aromatic heterocycles. The van der Waals surface area contributed by atoms with Gasteiger partial charge in [-0.2, -0.15) is 0 Å². The van der Waals surface area contributed by atoms with Crippen LogP contribution in [0.3, 0.4) is 0 Å². The van der Waals surface area contributed by atoms with Gasteiger partial charge < -0.3 is 11.1 Å². The number of nitrogens with zero attached hydrogens (tertiary/aromatic N) is 1. The molecule has 9 nitrogen and oxygen atoms in total. The fourth-order valence-electron chi connectivity index (χ4n) is 1.52. The normalized spacial score (nSPS) is 11.1. The molecule has 0 aliphatic carbocycles. The Bertz CT molecular complexity index is 617. The molecule has 0 heterocycles. The van der Waals surface area contributed by atoms with Crippen molar-refractivity contribution in [3.05, 3.63) is 34.4 Å². The summed E-state index contributed by atoms with van der Waals surface area (Å²) >= 11 is 0. The van der Waals surface area contributed by atoms with Crippen molar-refractivity contribution < 1.29 is 18.1 Å². The summed E-state index contributed by atoms with van der Waals surface area (Å²) < 4.78 is 26.1. The van der Waals surface area contributed by atoms with Gasteiger partial charge in [-0.15, -0.1) is 0 Å². The third-order valence-corrected chi connectivity index (χ3v) is 3.97. The maximum absolute atomic E-state index is 12.0. The number of para-hydroxylation sites is 1. The first kappa shape index (κ1) is 17.0. The van der Waals surface area contributed by atoms with Gasteiger partial charge in [0.25, 0.3) is 5.69 Å². The minimum absolute atomic E-state index is 0.0681. The highest BCUT2D eigenvalue weighted by Crippen LogP contribution is 2.22. The lowest BCUT2D eigenvalue weighted by Gasteiger charge is -2.08. The van der Waals surface area contributed by atoms with Gasteiger partial charge in [0.2, 0.25) is 15.9 Å². The van der Waals surface area contributed by atoms with Crippen molar-refractivity contribution in [1.82, 2.24) is 10.0 Å². The monoisotopic (exact) mass is 316 g/mol. The average Bonchev–Trinajstić information content (AvgIpc) is 2.44. The summed E-state index contributed by atoms with van der Waals surface area (Å²) in [6.07, 6.45) is 0.150. The maximum atomic E-state index is 12.0. The first-order valence-corrected chi connectivity index (χ1v) is 7.56. The largest absolute Gasteiger partial charge is 0.355 e. The topological polar surface area (TPSA) is 144 Å². The molecule has 0 saturated heterocycles. The first-order chi connectivity index (χ1) is 9.88. The van der Waals surface area contributed by atoms with Crippen molar-refractivity contribution >= 4 is 21.6 Å². The SMILES string of the molecule is NCCC(=O)NCCNS(=O)(=O)c1ccccc1[N+](=O)[O-]. The van der Waals surface area contributed by atoms with Gasteiger partial charge in [-0.1, -0.05) is 12.1 Å². The zero-order valence-electron chi connectivity index (χ0n) is 11.1. The van der Waals surface area contributed by atoms with Crippen LogP contribution in [0, 0.1) is 10.1 Å². The van der Waals surface area contributed by atoms with Crippen LogP contribution in [0.15, 0.2) is 29.2 Å². The number of nitro benzene ring substituents is 1. The van der Waals surface area contributed by atoms with E-state index in [-0.39, 0.29) is 32.0 Å². The molecule has 1 amide bonds. The fourth-order valence-corrected chi connectivity index (χ4v) is 2.72. The Morgan fingerprint density at radius 1 is 1.29 bits per heavy atom. The van der Waals surface area contributed by atoms with Crippen LogP contribution in [0.25, 0.3) is 0 Å². The Hall–Kier alpha value is -2.04. The van der Waals surface area contributed by atoms with E-state index in [1.807, 2.05) is 0 Å². The Labute approximate surface area is 121 Å². The summed E-state index contributed by atoms with van der Waals surface area (Å²) in [6, 6.07) is 5.03. The molecule has 116 valence electrons. The summed E-state index contributed by atoms with van der Waals surface area (Å²) in [7, 11) is -4.01. The predicted octanol–water partition coefficient (Wildman–Crippen LogP) is -0.662. The second-order valence-electron chi connectivity index (χ2n) is 4.01. The van der Waals surface area contributed by atoms with Gasteiger partial charge in [0.05, 0.1) is 4.92 Å². The highest BCUT2D eigenvalue weighted by atomic mass is 32.2. The average molecular weight is 316 g/mol. The molecule has 4 N–H and O–H groups in total. The van der Waals surface area contributed by atoms with Gasteiger partial charge in [0.1, 0.15) is 0 Å². The van der Waals surface area contributed by atoms with Crippen LogP contribution in [-0.4, -0.2) is 38.9 Å². The van der Waals surface area contributed by atoms with Gasteiger partial charge >= 0.3 is 0 Å². The van der Waals surface area contributed by atoms with Crippen LogP contribution < -0.4 is 15.8 Å². The van der Waals surface area contributed by atoms with Crippen molar-refractivity contribution in [2.45, 2.75) is 11.3 Å². The van der Waals surface area contributed by atoms with Gasteiger partial charge in [-0.05, 0) is 6.07 Å². The van der Waals surface area contributed by atoms with Gasteiger partial charge in [-0.3, -0.25) is 14.9 Å². The molecule has 1 aromatic carbocycles. The van der Waals surface area contributed by atoms with Crippen molar-refractivity contribution in [3.8, 4) is 0 Å². The maximum Gasteiger partial charge on any atom is 0.289 e. The third-order valence-electron chi connectivity index (χ3n) is 2.46.